The molecular weight excluding hydrogens is 402 g/mol. The van der Waals surface area contributed by atoms with E-state index in [4.69, 9.17) is 9.72 Å². The van der Waals surface area contributed by atoms with Crippen molar-refractivity contribution in [2.45, 2.75) is 56.2 Å². The Balaban J connectivity index is 1.42. The van der Waals surface area contributed by atoms with Gasteiger partial charge in [-0.15, -0.1) is 11.3 Å². The number of hydrogen-bond acceptors (Lipinski definition) is 8. The van der Waals surface area contributed by atoms with Gasteiger partial charge < -0.3 is 15.2 Å². The third kappa shape index (κ3) is 4.10. The normalized spacial score (nSPS) is 33.5. The number of para-hydroxylation sites is 1. The minimum absolute atomic E-state index is 0.0237. The fourth-order valence-electron chi connectivity index (χ4n) is 4.67. The van der Waals surface area contributed by atoms with Crippen LogP contribution in [0.15, 0.2) is 24.3 Å². The fraction of sp³-hybridized carbons (Fsp3) is 0.619. The van der Waals surface area contributed by atoms with Crippen molar-refractivity contribution in [3.8, 4) is 0 Å². The molecule has 1 amide bonds. The molecule has 3 fully saturated rings. The third-order valence-corrected chi connectivity index (χ3v) is 7.46. The summed E-state index contributed by atoms with van der Waals surface area (Å²) in [6, 6.07) is 7.95. The zero-order valence-electron chi connectivity index (χ0n) is 16.9. The molecule has 0 bridgehead atoms. The van der Waals surface area contributed by atoms with E-state index < -0.39 is 5.92 Å². The molecule has 4 N–H and O–H groups in total. The van der Waals surface area contributed by atoms with E-state index in [2.05, 4.69) is 20.9 Å². The molecule has 162 valence electrons. The molecule has 2 aromatic rings. The summed E-state index contributed by atoms with van der Waals surface area (Å²) in [7, 11) is 0. The van der Waals surface area contributed by atoms with Gasteiger partial charge in [-0.25, -0.2) is 4.98 Å². The third-order valence-electron chi connectivity index (χ3n) is 6.34. The van der Waals surface area contributed by atoms with Crippen molar-refractivity contribution in [1.82, 2.24) is 25.8 Å². The van der Waals surface area contributed by atoms with Gasteiger partial charge in [0.15, 0.2) is 0 Å². The molecule has 8 nitrogen and oxygen atoms in total. The van der Waals surface area contributed by atoms with Crippen LogP contribution in [0.1, 0.15) is 36.6 Å². The summed E-state index contributed by atoms with van der Waals surface area (Å²) in [5.41, 5.74) is 0.914. The first kappa shape index (κ1) is 20.3. The van der Waals surface area contributed by atoms with Crippen molar-refractivity contribution in [3.63, 3.8) is 0 Å². The SMILES string of the molecule is O=C1NC(N2CCOCC2)NC(NC2CCCCC2O)C1c1nc2ccccc2s1. The van der Waals surface area contributed by atoms with Gasteiger partial charge >= 0.3 is 0 Å². The fourth-order valence-corrected chi connectivity index (χ4v) is 5.78. The lowest BCUT2D eigenvalue weighted by Crippen LogP contribution is -2.71. The van der Waals surface area contributed by atoms with Gasteiger partial charge in [-0.05, 0) is 25.0 Å². The van der Waals surface area contributed by atoms with Crippen LogP contribution in [0.5, 0.6) is 0 Å². The highest BCUT2D eigenvalue weighted by atomic mass is 32.1. The van der Waals surface area contributed by atoms with Crippen LogP contribution in [0.4, 0.5) is 0 Å². The van der Waals surface area contributed by atoms with Crippen LogP contribution in [-0.4, -0.2) is 71.8 Å². The van der Waals surface area contributed by atoms with Crippen molar-refractivity contribution in [3.05, 3.63) is 29.3 Å². The zero-order valence-corrected chi connectivity index (χ0v) is 17.7. The Morgan fingerprint density at radius 2 is 2.00 bits per heavy atom. The molecule has 0 spiro atoms. The molecule has 2 saturated heterocycles. The number of aromatic nitrogens is 1. The van der Waals surface area contributed by atoms with Gasteiger partial charge in [-0.1, -0.05) is 25.0 Å². The number of carbonyl (C=O) groups excluding carboxylic acids is 1. The highest BCUT2D eigenvalue weighted by Gasteiger charge is 2.42. The van der Waals surface area contributed by atoms with Crippen LogP contribution in [0.25, 0.3) is 10.2 Å². The Bertz CT molecular complexity index is 853. The molecule has 1 aromatic heterocycles. The van der Waals surface area contributed by atoms with E-state index >= 15 is 0 Å². The number of ether oxygens (including phenoxy) is 1. The number of carbonyl (C=O) groups is 1. The van der Waals surface area contributed by atoms with E-state index in [1.807, 2.05) is 24.3 Å². The number of morpholine rings is 1. The summed E-state index contributed by atoms with van der Waals surface area (Å²) in [5, 5.41) is 21.6. The van der Waals surface area contributed by atoms with Crippen LogP contribution >= 0.6 is 11.3 Å². The Hall–Kier alpha value is -1.62. The molecule has 2 aliphatic heterocycles. The van der Waals surface area contributed by atoms with Crippen molar-refractivity contribution in [2.75, 3.05) is 26.3 Å². The van der Waals surface area contributed by atoms with Crippen LogP contribution in [0, 0.1) is 0 Å². The van der Waals surface area contributed by atoms with E-state index in [0.29, 0.717) is 13.2 Å². The van der Waals surface area contributed by atoms with Gasteiger partial charge in [0.05, 0.1) is 35.7 Å². The first-order valence-electron chi connectivity index (χ1n) is 10.9. The predicted molar refractivity (Wildman–Crippen MR) is 115 cm³/mol. The van der Waals surface area contributed by atoms with Gasteiger partial charge in [-0.2, -0.15) is 0 Å². The molecule has 5 rings (SSSR count). The molecular formula is C21H29N5O3S. The Kier molecular flexibility index (Phi) is 5.99. The van der Waals surface area contributed by atoms with Crippen LogP contribution in [-0.2, 0) is 9.53 Å². The second-order valence-corrected chi connectivity index (χ2v) is 9.39. The van der Waals surface area contributed by atoms with E-state index in [1.54, 1.807) is 11.3 Å². The van der Waals surface area contributed by atoms with E-state index in [1.165, 1.54) is 0 Å². The molecule has 3 heterocycles. The molecule has 5 atom stereocenters. The summed E-state index contributed by atoms with van der Waals surface area (Å²) < 4.78 is 6.54. The number of benzene rings is 1. The van der Waals surface area contributed by atoms with E-state index in [9.17, 15) is 9.90 Å². The molecule has 1 aliphatic carbocycles. The lowest BCUT2D eigenvalue weighted by molar-refractivity contribution is -0.131. The minimum Gasteiger partial charge on any atom is -0.392 e. The van der Waals surface area contributed by atoms with Gasteiger partial charge in [0.1, 0.15) is 17.2 Å². The number of nitrogens with one attached hydrogen (secondary N) is 3. The van der Waals surface area contributed by atoms with E-state index in [0.717, 1.165) is 54.0 Å². The molecule has 9 heteroatoms. The maximum absolute atomic E-state index is 13.3. The minimum atomic E-state index is -0.450. The predicted octanol–water partition coefficient (Wildman–Crippen LogP) is 0.934. The number of aliphatic hydroxyl groups excluding tert-OH is 1. The van der Waals surface area contributed by atoms with Crippen LogP contribution < -0.4 is 16.0 Å². The Labute approximate surface area is 180 Å². The summed E-state index contributed by atoms with van der Waals surface area (Å²) in [6.45, 7) is 2.86. The van der Waals surface area contributed by atoms with Crippen molar-refractivity contribution < 1.29 is 14.6 Å². The molecule has 0 radical (unpaired) electrons. The average molecular weight is 432 g/mol. The van der Waals surface area contributed by atoms with Gasteiger partial charge in [0.25, 0.3) is 0 Å². The second kappa shape index (κ2) is 8.86. The number of hydrogen-bond donors (Lipinski definition) is 4. The number of rotatable bonds is 4. The van der Waals surface area contributed by atoms with Crippen LogP contribution in [0.2, 0.25) is 0 Å². The Morgan fingerprint density at radius 3 is 2.80 bits per heavy atom. The van der Waals surface area contributed by atoms with Crippen molar-refractivity contribution in [1.29, 1.82) is 0 Å². The largest absolute Gasteiger partial charge is 0.392 e. The lowest BCUT2D eigenvalue weighted by Gasteiger charge is -2.44. The van der Waals surface area contributed by atoms with Crippen molar-refractivity contribution >= 4 is 27.5 Å². The maximum Gasteiger partial charge on any atom is 0.235 e. The lowest BCUT2D eigenvalue weighted by atomic mass is 9.91. The molecule has 1 aromatic carbocycles. The van der Waals surface area contributed by atoms with Gasteiger partial charge in [-0.3, -0.25) is 20.3 Å². The quantitative estimate of drug-likeness (QED) is 0.572. The maximum atomic E-state index is 13.3. The second-order valence-electron chi connectivity index (χ2n) is 8.33. The smallest absolute Gasteiger partial charge is 0.235 e. The first-order valence-corrected chi connectivity index (χ1v) is 11.7. The Morgan fingerprint density at radius 1 is 1.20 bits per heavy atom. The highest BCUT2D eigenvalue weighted by Crippen LogP contribution is 2.32. The highest BCUT2D eigenvalue weighted by molar-refractivity contribution is 7.18. The summed E-state index contributed by atoms with van der Waals surface area (Å²) >= 11 is 1.56. The average Bonchev–Trinajstić information content (AvgIpc) is 3.19. The number of thiazole rings is 1. The van der Waals surface area contributed by atoms with Gasteiger partial charge in [0.2, 0.25) is 5.91 Å². The topological polar surface area (TPSA) is 98.8 Å². The van der Waals surface area contributed by atoms with E-state index in [-0.39, 0.29) is 30.5 Å². The summed E-state index contributed by atoms with van der Waals surface area (Å²) in [5.74, 6) is -0.485. The number of aliphatic hydroxyl groups is 1. The number of fused-ring (bicyclic) bond motifs is 1. The molecule has 1 saturated carbocycles. The monoisotopic (exact) mass is 431 g/mol. The van der Waals surface area contributed by atoms with Gasteiger partial charge in [0, 0.05) is 19.1 Å². The first-order chi connectivity index (χ1) is 14.7. The number of amides is 1. The molecule has 5 unspecified atom stereocenters. The molecule has 3 aliphatic rings. The van der Waals surface area contributed by atoms with Crippen molar-refractivity contribution in [2.24, 2.45) is 0 Å². The standard InChI is InChI=1S/C21H29N5O3S/c27-15-7-3-1-5-13(15)22-18-17(20-23-14-6-2-4-8-16(14)30-20)19(28)25-21(24-18)26-9-11-29-12-10-26/h2,4,6,8,13,15,17-18,21-22,24,27H,1,3,5,7,9-12H2,(H,25,28). The summed E-state index contributed by atoms with van der Waals surface area (Å²) in [6.07, 6.45) is 2.91. The number of nitrogens with zero attached hydrogens (tertiary/aromatic N) is 2. The summed E-state index contributed by atoms with van der Waals surface area (Å²) in [4.78, 5) is 20.3. The zero-order chi connectivity index (χ0) is 20.5. The molecule has 30 heavy (non-hydrogen) atoms. The van der Waals surface area contributed by atoms with Crippen LogP contribution in [0.3, 0.4) is 0 Å².